The zero-order valence-corrected chi connectivity index (χ0v) is 10.7. The van der Waals surface area contributed by atoms with Crippen molar-refractivity contribution in [3.63, 3.8) is 0 Å². The molecule has 0 saturated carbocycles. The van der Waals surface area contributed by atoms with Crippen molar-refractivity contribution in [2.45, 2.75) is 0 Å². The lowest BCUT2D eigenvalue weighted by Crippen LogP contribution is -2.47. The van der Waals surface area contributed by atoms with Gasteiger partial charge in [0, 0.05) is 26.2 Å². The molecule has 0 spiro atoms. The number of rotatable bonds is 2. The van der Waals surface area contributed by atoms with E-state index in [0.717, 1.165) is 13.1 Å². The number of likely N-dealkylation sites (N-methyl/N-ethyl adjacent to an activating group) is 1. The quantitative estimate of drug-likeness (QED) is 0.843. The molecule has 5 nitrogen and oxygen atoms in total. The van der Waals surface area contributed by atoms with E-state index in [9.17, 15) is 9.90 Å². The summed E-state index contributed by atoms with van der Waals surface area (Å²) in [6.07, 6.45) is 0. The Morgan fingerprint density at radius 1 is 1.28 bits per heavy atom. The van der Waals surface area contributed by atoms with Gasteiger partial charge in [0.05, 0.1) is 7.11 Å². The van der Waals surface area contributed by atoms with E-state index in [1.54, 1.807) is 17.0 Å². The van der Waals surface area contributed by atoms with Crippen molar-refractivity contribution in [1.82, 2.24) is 9.80 Å². The van der Waals surface area contributed by atoms with Gasteiger partial charge in [0.2, 0.25) is 0 Å². The van der Waals surface area contributed by atoms with Crippen molar-refractivity contribution < 1.29 is 14.6 Å². The summed E-state index contributed by atoms with van der Waals surface area (Å²) in [5, 5.41) is 9.84. The molecule has 1 amide bonds. The molecule has 5 heteroatoms. The van der Waals surface area contributed by atoms with Crippen LogP contribution in [0.1, 0.15) is 10.4 Å². The molecule has 2 rings (SSSR count). The fourth-order valence-electron chi connectivity index (χ4n) is 2.07. The molecule has 0 aromatic heterocycles. The Kier molecular flexibility index (Phi) is 3.72. The van der Waals surface area contributed by atoms with E-state index < -0.39 is 0 Å². The molecule has 18 heavy (non-hydrogen) atoms. The molecule has 0 atom stereocenters. The Labute approximate surface area is 107 Å². The van der Waals surface area contributed by atoms with Crippen LogP contribution in [0.15, 0.2) is 18.2 Å². The number of hydrogen-bond donors (Lipinski definition) is 1. The minimum atomic E-state index is -0.168. The molecule has 1 aliphatic rings. The second-order valence-electron chi connectivity index (χ2n) is 4.45. The summed E-state index contributed by atoms with van der Waals surface area (Å²) >= 11 is 0. The first-order chi connectivity index (χ1) is 8.63. The van der Waals surface area contributed by atoms with Crippen molar-refractivity contribution >= 4 is 5.91 Å². The number of benzene rings is 1. The van der Waals surface area contributed by atoms with Gasteiger partial charge < -0.3 is 19.6 Å². The average molecular weight is 250 g/mol. The van der Waals surface area contributed by atoms with Crippen LogP contribution in [-0.4, -0.2) is 61.2 Å². The van der Waals surface area contributed by atoms with Crippen molar-refractivity contribution in [2.24, 2.45) is 0 Å². The molecule has 0 unspecified atom stereocenters. The summed E-state index contributed by atoms with van der Waals surface area (Å²) in [6.45, 7) is 3.04. The Hall–Kier alpha value is -1.75. The molecule has 98 valence electrons. The number of ether oxygens (including phenoxy) is 1. The monoisotopic (exact) mass is 250 g/mol. The standard InChI is InChI=1S/C13H18N2O3/c1-14-6-8-15(9-7-14)13(17)12-10(16)4-3-5-11(12)18-2/h3-5,16H,6-9H2,1-2H3. The first-order valence-electron chi connectivity index (χ1n) is 5.97. The fourth-order valence-corrected chi connectivity index (χ4v) is 2.07. The Bertz CT molecular complexity index is 440. The predicted molar refractivity (Wildman–Crippen MR) is 68.1 cm³/mol. The zero-order chi connectivity index (χ0) is 13.1. The van der Waals surface area contributed by atoms with Gasteiger partial charge in [-0.05, 0) is 19.2 Å². The van der Waals surface area contributed by atoms with Gasteiger partial charge in [-0.3, -0.25) is 4.79 Å². The van der Waals surface area contributed by atoms with Gasteiger partial charge in [-0.25, -0.2) is 0 Å². The number of carbonyl (C=O) groups is 1. The number of methoxy groups -OCH3 is 1. The van der Waals surface area contributed by atoms with Gasteiger partial charge in [-0.2, -0.15) is 0 Å². The highest BCUT2D eigenvalue weighted by molar-refractivity contribution is 5.99. The summed E-state index contributed by atoms with van der Waals surface area (Å²) in [5.41, 5.74) is 0.254. The minimum Gasteiger partial charge on any atom is -0.507 e. The van der Waals surface area contributed by atoms with Crippen LogP contribution in [0.25, 0.3) is 0 Å². The lowest BCUT2D eigenvalue weighted by molar-refractivity contribution is 0.0657. The summed E-state index contributed by atoms with van der Waals surface area (Å²) in [6, 6.07) is 4.85. The Morgan fingerprint density at radius 2 is 1.94 bits per heavy atom. The zero-order valence-electron chi connectivity index (χ0n) is 10.7. The van der Waals surface area contributed by atoms with Crippen LogP contribution >= 0.6 is 0 Å². The average Bonchev–Trinajstić information content (AvgIpc) is 2.38. The minimum absolute atomic E-state index is 0.0294. The maximum Gasteiger partial charge on any atom is 0.261 e. The van der Waals surface area contributed by atoms with Gasteiger partial charge in [0.25, 0.3) is 5.91 Å². The van der Waals surface area contributed by atoms with Crippen LogP contribution in [0, 0.1) is 0 Å². The van der Waals surface area contributed by atoms with Crippen molar-refractivity contribution in [3.05, 3.63) is 23.8 Å². The van der Waals surface area contributed by atoms with Crippen LogP contribution in [0.4, 0.5) is 0 Å². The third-order valence-corrected chi connectivity index (χ3v) is 3.23. The summed E-state index contributed by atoms with van der Waals surface area (Å²) in [7, 11) is 3.53. The molecular weight excluding hydrogens is 232 g/mol. The topological polar surface area (TPSA) is 53.0 Å². The third kappa shape index (κ3) is 2.41. The van der Waals surface area contributed by atoms with Gasteiger partial charge in [0.1, 0.15) is 17.1 Å². The molecule has 1 N–H and O–H groups in total. The Morgan fingerprint density at radius 3 is 2.56 bits per heavy atom. The molecule has 0 radical (unpaired) electrons. The van der Waals surface area contributed by atoms with E-state index in [1.165, 1.54) is 13.2 Å². The van der Waals surface area contributed by atoms with Crippen molar-refractivity contribution in [3.8, 4) is 11.5 Å². The molecule has 1 saturated heterocycles. The number of nitrogens with zero attached hydrogens (tertiary/aromatic N) is 2. The van der Waals surface area contributed by atoms with Gasteiger partial charge in [-0.15, -0.1) is 0 Å². The lowest BCUT2D eigenvalue weighted by atomic mass is 10.1. The highest BCUT2D eigenvalue weighted by atomic mass is 16.5. The molecule has 1 heterocycles. The van der Waals surface area contributed by atoms with Gasteiger partial charge in [-0.1, -0.05) is 6.07 Å². The molecule has 1 aliphatic heterocycles. The van der Waals surface area contributed by atoms with Crippen LogP contribution in [0.5, 0.6) is 11.5 Å². The van der Waals surface area contributed by atoms with E-state index in [-0.39, 0.29) is 17.2 Å². The molecule has 0 bridgehead atoms. The van der Waals surface area contributed by atoms with Crippen molar-refractivity contribution in [2.75, 3.05) is 40.3 Å². The van der Waals surface area contributed by atoms with E-state index in [2.05, 4.69) is 4.90 Å². The summed E-state index contributed by atoms with van der Waals surface area (Å²) in [4.78, 5) is 16.3. The largest absolute Gasteiger partial charge is 0.507 e. The molecule has 1 aromatic rings. The first kappa shape index (κ1) is 12.7. The van der Waals surface area contributed by atoms with E-state index in [1.807, 2.05) is 7.05 Å². The second-order valence-corrected chi connectivity index (χ2v) is 4.45. The van der Waals surface area contributed by atoms with E-state index in [0.29, 0.717) is 18.8 Å². The molecular formula is C13H18N2O3. The number of phenols is 1. The van der Waals surface area contributed by atoms with E-state index in [4.69, 9.17) is 4.74 Å². The third-order valence-electron chi connectivity index (χ3n) is 3.23. The number of phenolic OH excluding ortho intramolecular Hbond substituents is 1. The smallest absolute Gasteiger partial charge is 0.261 e. The maximum absolute atomic E-state index is 12.4. The number of hydrogen-bond acceptors (Lipinski definition) is 4. The number of piperazine rings is 1. The van der Waals surface area contributed by atoms with Crippen LogP contribution in [0.2, 0.25) is 0 Å². The number of aromatic hydroxyl groups is 1. The van der Waals surface area contributed by atoms with E-state index >= 15 is 0 Å². The maximum atomic E-state index is 12.4. The van der Waals surface area contributed by atoms with Gasteiger partial charge in [0.15, 0.2) is 0 Å². The summed E-state index contributed by atoms with van der Waals surface area (Å²) < 4.78 is 5.14. The van der Waals surface area contributed by atoms with Crippen LogP contribution in [-0.2, 0) is 0 Å². The summed E-state index contributed by atoms with van der Waals surface area (Å²) in [5.74, 6) is 0.218. The second kappa shape index (κ2) is 5.27. The number of carbonyl (C=O) groups excluding carboxylic acids is 1. The predicted octanol–water partition coefficient (Wildman–Crippen LogP) is 0.788. The van der Waals surface area contributed by atoms with Crippen LogP contribution in [0.3, 0.4) is 0 Å². The highest BCUT2D eigenvalue weighted by Crippen LogP contribution is 2.28. The molecule has 1 aromatic carbocycles. The van der Waals surface area contributed by atoms with Gasteiger partial charge >= 0.3 is 0 Å². The fraction of sp³-hybridized carbons (Fsp3) is 0.462. The lowest BCUT2D eigenvalue weighted by Gasteiger charge is -2.32. The molecule has 0 aliphatic carbocycles. The Balaban J connectivity index is 2.23. The highest BCUT2D eigenvalue weighted by Gasteiger charge is 2.25. The number of amides is 1. The first-order valence-corrected chi connectivity index (χ1v) is 5.97. The van der Waals surface area contributed by atoms with Crippen molar-refractivity contribution in [1.29, 1.82) is 0 Å². The SMILES string of the molecule is COc1cccc(O)c1C(=O)N1CCN(C)CC1. The van der Waals surface area contributed by atoms with Crippen LogP contribution < -0.4 is 4.74 Å². The normalized spacial score (nSPS) is 16.7. The molecule has 1 fully saturated rings.